The number of hydrogen-bond donors (Lipinski definition) is 0. The lowest BCUT2D eigenvalue weighted by Gasteiger charge is -2.10. The molecule has 0 saturated heterocycles. The van der Waals surface area contributed by atoms with Gasteiger partial charge in [0.2, 0.25) is 0 Å². The minimum Gasteiger partial charge on any atom is -0.491 e. The zero-order valence-electron chi connectivity index (χ0n) is 17.8. The van der Waals surface area contributed by atoms with Gasteiger partial charge in [-0.15, -0.1) is 0 Å². The van der Waals surface area contributed by atoms with Gasteiger partial charge in [-0.3, -0.25) is 0 Å². The van der Waals surface area contributed by atoms with E-state index in [1.54, 1.807) is 6.07 Å². The Morgan fingerprint density at radius 2 is 1.40 bits per heavy atom. The smallest absolute Gasteiger partial charge is 0.165 e. The van der Waals surface area contributed by atoms with Crippen LogP contribution in [0.1, 0.15) is 51.0 Å². The zero-order valence-corrected chi connectivity index (χ0v) is 17.8. The highest BCUT2D eigenvalue weighted by Gasteiger charge is 2.07. The lowest BCUT2D eigenvalue weighted by molar-refractivity contribution is 0.290. The predicted octanol–water partition coefficient (Wildman–Crippen LogP) is 7.81. The molecule has 0 unspecified atom stereocenters. The quantitative estimate of drug-likeness (QED) is 0.286. The Bertz CT molecular complexity index is 875. The molecule has 0 bridgehead atoms. The van der Waals surface area contributed by atoms with Crippen molar-refractivity contribution in [3.05, 3.63) is 84.2 Å². The summed E-state index contributed by atoms with van der Waals surface area (Å²) in [4.78, 5) is 0. The van der Waals surface area contributed by atoms with Crippen LogP contribution in [-0.2, 0) is 6.61 Å². The summed E-state index contributed by atoms with van der Waals surface area (Å²) in [5.41, 5.74) is 2.90. The van der Waals surface area contributed by atoms with Crippen molar-refractivity contribution in [2.24, 2.45) is 0 Å². The van der Waals surface area contributed by atoms with Crippen LogP contribution in [0.25, 0.3) is 11.1 Å². The van der Waals surface area contributed by atoms with E-state index < -0.39 is 0 Å². The van der Waals surface area contributed by atoms with E-state index in [1.165, 1.54) is 31.7 Å². The second-order valence-corrected chi connectivity index (χ2v) is 7.56. The SMILES string of the molecule is CCCCCCCCOc1ccc(-c2ccc(OCc3ccccc3)cc2)cc1F. The van der Waals surface area contributed by atoms with Crippen molar-refractivity contribution in [1.29, 1.82) is 0 Å². The van der Waals surface area contributed by atoms with Crippen molar-refractivity contribution in [3.63, 3.8) is 0 Å². The van der Waals surface area contributed by atoms with Gasteiger partial charge in [-0.25, -0.2) is 4.39 Å². The van der Waals surface area contributed by atoms with E-state index in [9.17, 15) is 4.39 Å². The van der Waals surface area contributed by atoms with Crippen molar-refractivity contribution >= 4 is 0 Å². The maximum absolute atomic E-state index is 14.4. The largest absolute Gasteiger partial charge is 0.491 e. The maximum Gasteiger partial charge on any atom is 0.165 e. The lowest BCUT2D eigenvalue weighted by atomic mass is 10.1. The van der Waals surface area contributed by atoms with Gasteiger partial charge in [-0.2, -0.15) is 0 Å². The minimum absolute atomic E-state index is 0.317. The fraction of sp³-hybridized carbons (Fsp3) is 0.333. The van der Waals surface area contributed by atoms with Gasteiger partial charge < -0.3 is 9.47 Å². The number of hydrogen-bond acceptors (Lipinski definition) is 2. The van der Waals surface area contributed by atoms with Gasteiger partial charge in [0.25, 0.3) is 0 Å². The molecule has 0 aliphatic rings. The van der Waals surface area contributed by atoms with E-state index in [1.807, 2.05) is 60.7 Å². The van der Waals surface area contributed by atoms with Crippen molar-refractivity contribution in [3.8, 4) is 22.6 Å². The van der Waals surface area contributed by atoms with Gasteiger partial charge >= 0.3 is 0 Å². The Labute approximate surface area is 179 Å². The molecule has 0 heterocycles. The van der Waals surface area contributed by atoms with Crippen LogP contribution in [0.2, 0.25) is 0 Å². The van der Waals surface area contributed by atoms with E-state index in [2.05, 4.69) is 6.92 Å². The van der Waals surface area contributed by atoms with E-state index in [0.29, 0.717) is 19.0 Å². The summed E-state index contributed by atoms with van der Waals surface area (Å²) in [6.07, 6.45) is 7.14. The number of unbranched alkanes of at least 4 members (excludes halogenated alkanes) is 5. The lowest BCUT2D eigenvalue weighted by Crippen LogP contribution is -1.99. The third-order valence-electron chi connectivity index (χ3n) is 5.12. The van der Waals surface area contributed by atoms with Crippen molar-refractivity contribution in [2.75, 3.05) is 6.61 Å². The minimum atomic E-state index is -0.317. The van der Waals surface area contributed by atoms with E-state index in [0.717, 1.165) is 35.3 Å². The highest BCUT2D eigenvalue weighted by atomic mass is 19.1. The maximum atomic E-state index is 14.4. The molecule has 0 fully saturated rings. The molecule has 0 amide bonds. The Balaban J connectivity index is 1.49. The summed E-state index contributed by atoms with van der Waals surface area (Å²) in [6.45, 7) is 3.30. The topological polar surface area (TPSA) is 18.5 Å². The Kier molecular flexibility index (Phi) is 8.77. The number of ether oxygens (including phenoxy) is 2. The van der Waals surface area contributed by atoms with Gasteiger partial charge in [0.15, 0.2) is 11.6 Å². The van der Waals surface area contributed by atoms with Crippen molar-refractivity contribution in [2.45, 2.75) is 52.1 Å². The third-order valence-corrected chi connectivity index (χ3v) is 5.12. The highest BCUT2D eigenvalue weighted by molar-refractivity contribution is 5.65. The monoisotopic (exact) mass is 406 g/mol. The van der Waals surface area contributed by atoms with Crippen molar-refractivity contribution < 1.29 is 13.9 Å². The Morgan fingerprint density at radius 3 is 2.13 bits per heavy atom. The second-order valence-electron chi connectivity index (χ2n) is 7.56. The molecule has 2 nitrogen and oxygen atoms in total. The fourth-order valence-electron chi connectivity index (χ4n) is 3.35. The molecule has 30 heavy (non-hydrogen) atoms. The molecule has 0 atom stereocenters. The zero-order chi connectivity index (χ0) is 21.0. The molecular weight excluding hydrogens is 375 g/mol. The summed E-state index contributed by atoms with van der Waals surface area (Å²) in [6, 6.07) is 22.9. The van der Waals surface area contributed by atoms with Crippen LogP contribution in [0.5, 0.6) is 11.5 Å². The van der Waals surface area contributed by atoms with Gasteiger partial charge in [0, 0.05) is 0 Å². The Morgan fingerprint density at radius 1 is 0.700 bits per heavy atom. The molecule has 0 aliphatic carbocycles. The first-order chi connectivity index (χ1) is 14.8. The molecule has 3 heteroatoms. The molecule has 0 aromatic heterocycles. The third kappa shape index (κ3) is 6.91. The standard InChI is InChI=1S/C27H31FO2/c1-2-3-4-5-6-10-19-29-27-18-15-24(20-26(27)28)23-13-16-25(17-14-23)30-21-22-11-8-7-9-12-22/h7-9,11-18,20H,2-6,10,19,21H2,1H3. The van der Waals surface area contributed by atoms with Gasteiger partial charge in [-0.05, 0) is 47.4 Å². The first-order valence-corrected chi connectivity index (χ1v) is 11.0. The summed E-state index contributed by atoms with van der Waals surface area (Å²) in [5.74, 6) is 0.806. The van der Waals surface area contributed by atoms with Gasteiger partial charge in [0.1, 0.15) is 12.4 Å². The highest BCUT2D eigenvalue weighted by Crippen LogP contribution is 2.27. The average Bonchev–Trinajstić information content (AvgIpc) is 2.79. The van der Waals surface area contributed by atoms with E-state index in [4.69, 9.17) is 9.47 Å². The van der Waals surface area contributed by atoms with Crippen molar-refractivity contribution in [1.82, 2.24) is 0 Å². The number of halogens is 1. The molecule has 3 aromatic carbocycles. The van der Waals surface area contributed by atoms with E-state index in [-0.39, 0.29) is 5.82 Å². The number of rotatable bonds is 12. The predicted molar refractivity (Wildman–Crippen MR) is 121 cm³/mol. The summed E-state index contributed by atoms with van der Waals surface area (Å²) in [7, 11) is 0. The molecule has 3 rings (SSSR count). The molecule has 0 N–H and O–H groups in total. The van der Waals surface area contributed by atoms with Crippen LogP contribution >= 0.6 is 0 Å². The molecule has 0 radical (unpaired) electrons. The molecular formula is C27H31FO2. The normalized spacial score (nSPS) is 10.7. The van der Waals surface area contributed by atoms with Gasteiger partial charge in [-0.1, -0.05) is 87.6 Å². The van der Waals surface area contributed by atoms with Crippen LogP contribution in [0.3, 0.4) is 0 Å². The molecule has 0 spiro atoms. The summed E-state index contributed by atoms with van der Waals surface area (Å²) < 4.78 is 25.9. The molecule has 158 valence electrons. The van der Waals surface area contributed by atoms with Crippen LogP contribution < -0.4 is 9.47 Å². The second kappa shape index (κ2) is 12.0. The Hall–Kier alpha value is -2.81. The van der Waals surface area contributed by atoms with Crippen LogP contribution in [0.4, 0.5) is 4.39 Å². The van der Waals surface area contributed by atoms with E-state index >= 15 is 0 Å². The van der Waals surface area contributed by atoms with Crippen LogP contribution in [0.15, 0.2) is 72.8 Å². The van der Waals surface area contributed by atoms with Gasteiger partial charge in [0.05, 0.1) is 6.61 Å². The molecule has 3 aromatic rings. The first-order valence-electron chi connectivity index (χ1n) is 11.0. The van der Waals surface area contributed by atoms with Crippen LogP contribution in [-0.4, -0.2) is 6.61 Å². The molecule has 0 saturated carbocycles. The summed E-state index contributed by atoms with van der Waals surface area (Å²) in [5, 5.41) is 0. The molecule has 0 aliphatic heterocycles. The van der Waals surface area contributed by atoms with Crippen LogP contribution in [0, 0.1) is 5.82 Å². The number of benzene rings is 3. The first kappa shape index (κ1) is 21.9. The average molecular weight is 407 g/mol. The summed E-state index contributed by atoms with van der Waals surface area (Å²) >= 11 is 0. The fourth-order valence-corrected chi connectivity index (χ4v) is 3.35.